The van der Waals surface area contributed by atoms with Crippen LogP contribution in [0, 0.1) is 13.8 Å². The minimum Gasteiger partial charge on any atom is -0.456 e. The standard InChI is InChI=1S/C23H24N2O6S/c1-13-8-16(14(2)24(13)15-4-5-19-20(9-15)31-12-30-19)18(26)10-29-22(28)17-11-32-23(3)7-6-21(27)25(17)23/h4-5,8-9,17H,6-7,10-12H2,1-3H3/t17-,23+/m0/s1. The van der Waals surface area contributed by atoms with Crippen LogP contribution in [-0.4, -0.2) is 57.2 Å². The maximum atomic E-state index is 12.9. The minimum absolute atomic E-state index is 0.0296. The van der Waals surface area contributed by atoms with E-state index in [9.17, 15) is 14.4 Å². The summed E-state index contributed by atoms with van der Waals surface area (Å²) in [5.41, 5.74) is 2.98. The Kier molecular flexibility index (Phi) is 4.96. The van der Waals surface area contributed by atoms with Gasteiger partial charge in [-0.2, -0.15) is 0 Å². The van der Waals surface area contributed by atoms with Crippen molar-refractivity contribution in [3.63, 3.8) is 0 Å². The van der Waals surface area contributed by atoms with Crippen molar-refractivity contribution < 1.29 is 28.6 Å². The highest BCUT2D eigenvalue weighted by Gasteiger charge is 2.53. The summed E-state index contributed by atoms with van der Waals surface area (Å²) in [6.45, 7) is 5.58. The van der Waals surface area contributed by atoms with Crippen molar-refractivity contribution in [2.75, 3.05) is 19.2 Å². The molecule has 0 aliphatic carbocycles. The predicted octanol–water partition coefficient (Wildman–Crippen LogP) is 3.00. The summed E-state index contributed by atoms with van der Waals surface area (Å²) in [6, 6.07) is 6.78. The number of aryl methyl sites for hydroxylation is 1. The number of ether oxygens (including phenoxy) is 3. The van der Waals surface area contributed by atoms with E-state index in [0.29, 0.717) is 29.2 Å². The number of carbonyl (C=O) groups excluding carboxylic acids is 3. The van der Waals surface area contributed by atoms with E-state index in [-0.39, 0.29) is 30.0 Å². The van der Waals surface area contributed by atoms with Crippen LogP contribution in [0.4, 0.5) is 0 Å². The topological polar surface area (TPSA) is 87.1 Å². The molecule has 2 aromatic rings. The number of Topliss-reactive ketones (excluding diaryl/α,β-unsaturated/α-hetero) is 1. The van der Waals surface area contributed by atoms with Crippen LogP contribution < -0.4 is 9.47 Å². The third kappa shape index (κ3) is 3.26. The van der Waals surface area contributed by atoms with Crippen molar-refractivity contribution in [3.05, 3.63) is 41.2 Å². The molecule has 32 heavy (non-hydrogen) atoms. The zero-order valence-corrected chi connectivity index (χ0v) is 19.0. The van der Waals surface area contributed by atoms with Gasteiger partial charge < -0.3 is 23.7 Å². The Labute approximate surface area is 189 Å². The lowest BCUT2D eigenvalue weighted by Crippen LogP contribution is -2.46. The van der Waals surface area contributed by atoms with Crippen molar-refractivity contribution in [1.29, 1.82) is 0 Å². The molecule has 0 unspecified atom stereocenters. The van der Waals surface area contributed by atoms with E-state index in [4.69, 9.17) is 14.2 Å². The summed E-state index contributed by atoms with van der Waals surface area (Å²) in [5.74, 6) is 1.02. The first-order valence-electron chi connectivity index (χ1n) is 10.5. The molecule has 0 spiro atoms. The fourth-order valence-corrected chi connectivity index (χ4v) is 6.19. The molecule has 5 rings (SSSR count). The molecule has 1 aromatic heterocycles. The number of nitrogens with zero attached hydrogens (tertiary/aromatic N) is 2. The van der Waals surface area contributed by atoms with Crippen LogP contribution in [0.15, 0.2) is 24.3 Å². The van der Waals surface area contributed by atoms with Crippen LogP contribution in [0.1, 0.15) is 41.5 Å². The number of esters is 1. The first-order chi connectivity index (χ1) is 15.3. The lowest BCUT2D eigenvalue weighted by atomic mass is 10.1. The molecule has 0 radical (unpaired) electrons. The quantitative estimate of drug-likeness (QED) is 0.505. The smallest absolute Gasteiger partial charge is 0.330 e. The van der Waals surface area contributed by atoms with Crippen molar-refractivity contribution in [1.82, 2.24) is 9.47 Å². The second-order valence-corrected chi connectivity index (χ2v) is 9.96. The number of rotatable bonds is 5. The lowest BCUT2D eigenvalue weighted by molar-refractivity contribution is -0.152. The van der Waals surface area contributed by atoms with E-state index in [1.165, 1.54) is 0 Å². The van der Waals surface area contributed by atoms with Crippen LogP contribution in [0.5, 0.6) is 11.5 Å². The fraction of sp³-hybridized carbons (Fsp3) is 0.435. The van der Waals surface area contributed by atoms with Crippen LogP contribution in [0.3, 0.4) is 0 Å². The fourth-order valence-electron chi connectivity index (χ4n) is 4.77. The molecule has 9 heteroatoms. The Hall–Kier alpha value is -2.94. The van der Waals surface area contributed by atoms with Gasteiger partial charge in [0.1, 0.15) is 6.04 Å². The third-order valence-corrected chi connectivity index (χ3v) is 7.91. The lowest BCUT2D eigenvalue weighted by Gasteiger charge is -2.29. The molecule has 8 nitrogen and oxygen atoms in total. The number of thioether (sulfide) groups is 1. The Morgan fingerprint density at radius 3 is 2.81 bits per heavy atom. The van der Waals surface area contributed by atoms with E-state index in [0.717, 1.165) is 23.5 Å². The number of ketones is 1. The molecule has 2 atom stereocenters. The molecule has 3 aliphatic rings. The van der Waals surface area contributed by atoms with E-state index in [1.54, 1.807) is 22.7 Å². The van der Waals surface area contributed by atoms with Gasteiger partial charge in [0.25, 0.3) is 0 Å². The Bertz CT molecular complexity index is 1140. The van der Waals surface area contributed by atoms with Gasteiger partial charge >= 0.3 is 5.97 Å². The van der Waals surface area contributed by atoms with Crippen LogP contribution in [0.25, 0.3) is 5.69 Å². The molecule has 168 valence electrons. The van der Waals surface area contributed by atoms with Gasteiger partial charge in [-0.05, 0) is 45.4 Å². The van der Waals surface area contributed by atoms with E-state index in [1.807, 2.05) is 43.5 Å². The third-order valence-electron chi connectivity index (χ3n) is 6.41. The van der Waals surface area contributed by atoms with Gasteiger partial charge in [0.2, 0.25) is 18.5 Å². The van der Waals surface area contributed by atoms with Crippen molar-refractivity contribution in [3.8, 4) is 17.2 Å². The Morgan fingerprint density at radius 1 is 1.22 bits per heavy atom. The SMILES string of the molecule is Cc1cc(C(=O)COC(=O)[C@@H]2CS[C@]3(C)CCC(=O)N23)c(C)n1-c1ccc2c(c1)OCO2. The normalized spacial score (nSPS) is 23.5. The van der Waals surface area contributed by atoms with E-state index >= 15 is 0 Å². The number of amides is 1. The average molecular weight is 457 g/mol. The molecule has 1 amide bonds. The van der Waals surface area contributed by atoms with Crippen molar-refractivity contribution in [2.24, 2.45) is 0 Å². The number of fused-ring (bicyclic) bond motifs is 2. The summed E-state index contributed by atoms with van der Waals surface area (Å²) in [7, 11) is 0. The maximum Gasteiger partial charge on any atom is 0.330 e. The summed E-state index contributed by atoms with van der Waals surface area (Å²) in [6.07, 6.45) is 1.17. The number of hydrogen-bond donors (Lipinski definition) is 0. The van der Waals surface area contributed by atoms with Crippen molar-refractivity contribution in [2.45, 2.75) is 44.5 Å². The van der Waals surface area contributed by atoms with Crippen LogP contribution in [0.2, 0.25) is 0 Å². The molecule has 3 aliphatic heterocycles. The molecule has 2 saturated heterocycles. The molecule has 0 bridgehead atoms. The minimum atomic E-state index is -0.631. The second kappa shape index (κ2) is 7.58. The van der Waals surface area contributed by atoms with E-state index in [2.05, 4.69) is 0 Å². The van der Waals surface area contributed by atoms with Crippen LogP contribution in [-0.2, 0) is 14.3 Å². The highest BCUT2D eigenvalue weighted by molar-refractivity contribution is 8.01. The summed E-state index contributed by atoms with van der Waals surface area (Å²) < 4.78 is 18.2. The van der Waals surface area contributed by atoms with Crippen LogP contribution >= 0.6 is 11.8 Å². The van der Waals surface area contributed by atoms with Gasteiger partial charge in [-0.1, -0.05) is 0 Å². The molecule has 1 aromatic carbocycles. The Balaban J connectivity index is 1.30. The van der Waals surface area contributed by atoms with Crippen molar-refractivity contribution >= 4 is 29.4 Å². The van der Waals surface area contributed by atoms with Gasteiger partial charge in [0.05, 0.1) is 4.87 Å². The van der Waals surface area contributed by atoms with Gasteiger partial charge in [0, 0.05) is 40.9 Å². The molecule has 0 saturated carbocycles. The Morgan fingerprint density at radius 2 is 2.00 bits per heavy atom. The largest absolute Gasteiger partial charge is 0.456 e. The van der Waals surface area contributed by atoms with Gasteiger partial charge in [-0.3, -0.25) is 9.59 Å². The first-order valence-corrected chi connectivity index (χ1v) is 11.5. The first kappa shape index (κ1) is 20.9. The number of benzene rings is 1. The number of carbonyl (C=O) groups is 3. The zero-order valence-electron chi connectivity index (χ0n) is 18.2. The number of hydrogen-bond acceptors (Lipinski definition) is 7. The second-order valence-electron chi connectivity index (χ2n) is 8.45. The average Bonchev–Trinajstić information content (AvgIpc) is 3.50. The zero-order chi connectivity index (χ0) is 22.6. The number of aromatic nitrogens is 1. The molecular formula is C23H24N2O6S. The monoisotopic (exact) mass is 456 g/mol. The molecule has 2 fully saturated rings. The van der Waals surface area contributed by atoms with Gasteiger partial charge in [-0.25, -0.2) is 4.79 Å². The highest BCUT2D eigenvalue weighted by Crippen LogP contribution is 2.47. The molecular weight excluding hydrogens is 432 g/mol. The van der Waals surface area contributed by atoms with Gasteiger partial charge in [0.15, 0.2) is 18.1 Å². The van der Waals surface area contributed by atoms with E-state index < -0.39 is 12.0 Å². The predicted molar refractivity (Wildman–Crippen MR) is 117 cm³/mol. The highest BCUT2D eigenvalue weighted by atomic mass is 32.2. The van der Waals surface area contributed by atoms with Gasteiger partial charge in [-0.15, -0.1) is 11.8 Å². The maximum absolute atomic E-state index is 12.9. The molecule has 4 heterocycles. The summed E-state index contributed by atoms with van der Waals surface area (Å²) in [4.78, 5) is 39.1. The summed E-state index contributed by atoms with van der Waals surface area (Å²) >= 11 is 1.60. The summed E-state index contributed by atoms with van der Waals surface area (Å²) in [5, 5.41) is 0. The molecule has 0 N–H and O–H groups in total.